The van der Waals surface area contributed by atoms with Gasteiger partial charge in [0.05, 0.1) is 0 Å². The number of hydrogen-bond acceptors (Lipinski definition) is 4. The third kappa shape index (κ3) is 4.41. The minimum Gasteiger partial charge on any atom is -0.481 e. The molecule has 116 valence electrons. The molecule has 0 bridgehead atoms. The number of nitrogens with zero attached hydrogens (tertiary/aromatic N) is 3. The van der Waals surface area contributed by atoms with Crippen molar-refractivity contribution in [3.05, 3.63) is 17.6 Å². The van der Waals surface area contributed by atoms with Crippen LogP contribution in [0.1, 0.15) is 57.0 Å². The zero-order valence-corrected chi connectivity index (χ0v) is 13.2. The summed E-state index contributed by atoms with van der Waals surface area (Å²) < 4.78 is 0. The van der Waals surface area contributed by atoms with Crippen LogP contribution in [0.2, 0.25) is 0 Å². The number of aryl methyl sites for hydroxylation is 1. The van der Waals surface area contributed by atoms with E-state index < -0.39 is 5.97 Å². The SMILES string of the molecule is Cc1cc(N2CCCC(CCC(=O)O)C2)nc(C(C)C)n1. The van der Waals surface area contributed by atoms with Crippen LogP contribution >= 0.6 is 0 Å². The van der Waals surface area contributed by atoms with Crippen LogP contribution in [0.25, 0.3) is 0 Å². The fourth-order valence-electron chi connectivity index (χ4n) is 2.83. The highest BCUT2D eigenvalue weighted by molar-refractivity contribution is 5.66. The first-order valence-electron chi connectivity index (χ1n) is 7.78. The lowest BCUT2D eigenvalue weighted by Gasteiger charge is -2.33. The molecule has 2 rings (SSSR count). The highest BCUT2D eigenvalue weighted by atomic mass is 16.4. The van der Waals surface area contributed by atoms with Crippen molar-refractivity contribution in [2.24, 2.45) is 5.92 Å². The Morgan fingerprint density at radius 3 is 2.90 bits per heavy atom. The number of hydrogen-bond donors (Lipinski definition) is 1. The van der Waals surface area contributed by atoms with E-state index >= 15 is 0 Å². The maximum Gasteiger partial charge on any atom is 0.303 e. The summed E-state index contributed by atoms with van der Waals surface area (Å²) >= 11 is 0. The van der Waals surface area contributed by atoms with Crippen LogP contribution in [0.15, 0.2) is 6.07 Å². The molecule has 0 aromatic carbocycles. The first-order chi connectivity index (χ1) is 9.95. The zero-order valence-electron chi connectivity index (χ0n) is 13.2. The molecule has 21 heavy (non-hydrogen) atoms. The van der Waals surface area contributed by atoms with Crippen LogP contribution in [0.5, 0.6) is 0 Å². The fraction of sp³-hybridized carbons (Fsp3) is 0.688. The van der Waals surface area contributed by atoms with Gasteiger partial charge in [-0.25, -0.2) is 9.97 Å². The minimum absolute atomic E-state index is 0.262. The van der Waals surface area contributed by atoms with Crippen molar-refractivity contribution in [2.45, 2.75) is 52.4 Å². The molecule has 0 spiro atoms. The normalized spacial score (nSPS) is 19.0. The Labute approximate surface area is 126 Å². The Balaban J connectivity index is 2.08. The van der Waals surface area contributed by atoms with E-state index in [-0.39, 0.29) is 6.42 Å². The minimum atomic E-state index is -0.702. The molecule has 0 saturated carbocycles. The average molecular weight is 291 g/mol. The van der Waals surface area contributed by atoms with E-state index in [0.717, 1.165) is 49.7 Å². The number of anilines is 1. The van der Waals surface area contributed by atoms with Gasteiger partial charge in [-0.1, -0.05) is 13.8 Å². The molecule has 1 N–H and O–H groups in total. The van der Waals surface area contributed by atoms with Crippen molar-refractivity contribution in [3.8, 4) is 0 Å². The van der Waals surface area contributed by atoms with Crippen molar-refractivity contribution in [1.29, 1.82) is 0 Å². The molecule has 1 saturated heterocycles. The Bertz CT molecular complexity index is 502. The maximum absolute atomic E-state index is 10.7. The molecular formula is C16H25N3O2. The lowest BCUT2D eigenvalue weighted by atomic mass is 9.93. The summed E-state index contributed by atoms with van der Waals surface area (Å²) in [6, 6.07) is 2.03. The lowest BCUT2D eigenvalue weighted by Crippen LogP contribution is -2.36. The van der Waals surface area contributed by atoms with Gasteiger partial charge in [0.15, 0.2) is 0 Å². The number of carbonyl (C=O) groups is 1. The van der Waals surface area contributed by atoms with E-state index in [1.807, 2.05) is 13.0 Å². The second kappa shape index (κ2) is 6.87. The van der Waals surface area contributed by atoms with Gasteiger partial charge in [-0.3, -0.25) is 4.79 Å². The monoisotopic (exact) mass is 291 g/mol. The summed E-state index contributed by atoms with van der Waals surface area (Å²) in [5.74, 6) is 1.94. The predicted octanol–water partition coefficient (Wildman–Crippen LogP) is 2.99. The molecule has 1 aromatic rings. The summed E-state index contributed by atoms with van der Waals surface area (Å²) in [6.07, 6.45) is 3.24. The molecule has 1 aliphatic heterocycles. The maximum atomic E-state index is 10.7. The van der Waals surface area contributed by atoms with Gasteiger partial charge in [-0.05, 0) is 32.1 Å². The van der Waals surface area contributed by atoms with E-state index in [9.17, 15) is 4.79 Å². The highest BCUT2D eigenvalue weighted by Gasteiger charge is 2.22. The average Bonchev–Trinajstić information content (AvgIpc) is 2.44. The molecule has 1 unspecified atom stereocenters. The Morgan fingerprint density at radius 2 is 2.24 bits per heavy atom. The van der Waals surface area contributed by atoms with E-state index in [4.69, 9.17) is 5.11 Å². The van der Waals surface area contributed by atoms with Gasteiger partial charge in [0.25, 0.3) is 0 Å². The van der Waals surface area contributed by atoms with Crippen molar-refractivity contribution < 1.29 is 9.90 Å². The Kier molecular flexibility index (Phi) is 5.15. The third-order valence-corrected chi connectivity index (χ3v) is 3.98. The van der Waals surface area contributed by atoms with Gasteiger partial charge in [0, 0.05) is 37.2 Å². The highest BCUT2D eigenvalue weighted by Crippen LogP contribution is 2.26. The fourth-order valence-corrected chi connectivity index (χ4v) is 2.83. The van der Waals surface area contributed by atoms with Gasteiger partial charge in [-0.15, -0.1) is 0 Å². The van der Waals surface area contributed by atoms with Crippen LogP contribution in [-0.4, -0.2) is 34.1 Å². The molecule has 0 radical (unpaired) electrons. The smallest absolute Gasteiger partial charge is 0.303 e. The van der Waals surface area contributed by atoms with Gasteiger partial charge in [-0.2, -0.15) is 0 Å². The molecule has 5 nitrogen and oxygen atoms in total. The first kappa shape index (κ1) is 15.7. The molecule has 1 fully saturated rings. The molecule has 1 aromatic heterocycles. The molecule has 0 aliphatic carbocycles. The van der Waals surface area contributed by atoms with E-state index in [2.05, 4.69) is 28.7 Å². The number of piperidine rings is 1. The van der Waals surface area contributed by atoms with Crippen molar-refractivity contribution in [2.75, 3.05) is 18.0 Å². The quantitative estimate of drug-likeness (QED) is 0.903. The summed E-state index contributed by atoms with van der Waals surface area (Å²) in [6.45, 7) is 8.11. The summed E-state index contributed by atoms with van der Waals surface area (Å²) in [5.41, 5.74) is 0.997. The van der Waals surface area contributed by atoms with Crippen LogP contribution in [0.3, 0.4) is 0 Å². The summed E-state index contributed by atoms with van der Waals surface area (Å²) in [5, 5.41) is 8.83. The number of carboxylic acid groups (broad SMARTS) is 1. The number of carboxylic acids is 1. The van der Waals surface area contributed by atoms with E-state index in [1.54, 1.807) is 0 Å². The molecule has 0 amide bonds. The topological polar surface area (TPSA) is 66.3 Å². The summed E-state index contributed by atoms with van der Waals surface area (Å²) in [4.78, 5) is 22.2. The molecule has 1 aliphatic rings. The van der Waals surface area contributed by atoms with Gasteiger partial charge >= 0.3 is 5.97 Å². The van der Waals surface area contributed by atoms with Gasteiger partial charge in [0.1, 0.15) is 11.6 Å². The van der Waals surface area contributed by atoms with Crippen molar-refractivity contribution in [1.82, 2.24) is 9.97 Å². The van der Waals surface area contributed by atoms with Crippen LogP contribution < -0.4 is 4.90 Å². The molecule has 1 atom stereocenters. The van der Waals surface area contributed by atoms with Crippen LogP contribution in [-0.2, 0) is 4.79 Å². The molecular weight excluding hydrogens is 266 g/mol. The number of aromatic nitrogens is 2. The van der Waals surface area contributed by atoms with Crippen molar-refractivity contribution in [3.63, 3.8) is 0 Å². The standard InChI is InChI=1S/C16H25N3O2/c1-11(2)16-17-12(3)9-14(18-16)19-8-4-5-13(10-19)6-7-15(20)21/h9,11,13H,4-8,10H2,1-3H3,(H,20,21). The number of aliphatic carboxylic acids is 1. The van der Waals surface area contributed by atoms with Crippen LogP contribution in [0, 0.1) is 12.8 Å². The van der Waals surface area contributed by atoms with Crippen LogP contribution in [0.4, 0.5) is 5.82 Å². The Morgan fingerprint density at radius 1 is 1.48 bits per heavy atom. The molecule has 5 heteroatoms. The third-order valence-electron chi connectivity index (χ3n) is 3.98. The summed E-state index contributed by atoms with van der Waals surface area (Å²) in [7, 11) is 0. The lowest BCUT2D eigenvalue weighted by molar-refractivity contribution is -0.137. The predicted molar refractivity (Wildman–Crippen MR) is 82.7 cm³/mol. The van der Waals surface area contributed by atoms with E-state index in [1.165, 1.54) is 0 Å². The van der Waals surface area contributed by atoms with Gasteiger partial charge < -0.3 is 10.0 Å². The van der Waals surface area contributed by atoms with Gasteiger partial charge in [0.2, 0.25) is 0 Å². The second-order valence-electron chi connectivity index (χ2n) is 6.27. The second-order valence-corrected chi connectivity index (χ2v) is 6.27. The largest absolute Gasteiger partial charge is 0.481 e. The molecule has 2 heterocycles. The zero-order chi connectivity index (χ0) is 15.4. The van der Waals surface area contributed by atoms with Crippen molar-refractivity contribution >= 4 is 11.8 Å². The van der Waals surface area contributed by atoms with E-state index in [0.29, 0.717) is 11.8 Å². The number of rotatable bonds is 5. The Hall–Kier alpha value is -1.65. The first-order valence-corrected chi connectivity index (χ1v) is 7.78.